The lowest BCUT2D eigenvalue weighted by molar-refractivity contribution is 0.0667. The Morgan fingerprint density at radius 2 is 2.14 bits per heavy atom. The van der Waals surface area contributed by atoms with Gasteiger partial charge in [-0.25, -0.2) is 9.37 Å². The number of rotatable bonds is 7. The maximum Gasteiger partial charge on any atom is 0.138 e. The van der Waals surface area contributed by atoms with Crippen molar-refractivity contribution < 1.29 is 13.9 Å². The second-order valence-corrected chi connectivity index (χ2v) is 6.41. The zero-order valence-electron chi connectivity index (χ0n) is 11.9. The monoisotopic (exact) mass is 426 g/mol. The SMILES string of the molecule is COCCOCCn1c(C(C)Cl)nc2cc(I)c(F)cc21. The minimum atomic E-state index is -0.253. The van der Waals surface area contributed by atoms with Crippen LogP contribution in [0.1, 0.15) is 18.1 Å². The Morgan fingerprint density at radius 3 is 2.81 bits per heavy atom. The third-order valence-electron chi connectivity index (χ3n) is 3.07. The van der Waals surface area contributed by atoms with Crippen LogP contribution >= 0.6 is 34.2 Å². The molecule has 1 aromatic heterocycles. The van der Waals surface area contributed by atoms with Crippen LogP contribution in [0, 0.1) is 9.39 Å². The molecular formula is C14H17ClFIN2O2. The van der Waals surface area contributed by atoms with E-state index in [2.05, 4.69) is 4.98 Å². The molecule has 21 heavy (non-hydrogen) atoms. The molecule has 116 valence electrons. The number of imidazole rings is 1. The van der Waals surface area contributed by atoms with Crippen LogP contribution in [0.5, 0.6) is 0 Å². The number of fused-ring (bicyclic) bond motifs is 1. The van der Waals surface area contributed by atoms with Crippen molar-refractivity contribution >= 4 is 45.2 Å². The number of methoxy groups -OCH3 is 1. The van der Waals surface area contributed by atoms with Crippen LogP contribution < -0.4 is 0 Å². The molecule has 0 spiro atoms. The molecule has 0 saturated carbocycles. The maximum atomic E-state index is 13.8. The van der Waals surface area contributed by atoms with Gasteiger partial charge in [0.15, 0.2) is 0 Å². The van der Waals surface area contributed by atoms with Gasteiger partial charge < -0.3 is 14.0 Å². The van der Waals surface area contributed by atoms with Gasteiger partial charge in [-0.15, -0.1) is 11.6 Å². The highest BCUT2D eigenvalue weighted by molar-refractivity contribution is 14.1. The lowest BCUT2D eigenvalue weighted by atomic mass is 10.3. The van der Waals surface area contributed by atoms with Crippen LogP contribution in [0.3, 0.4) is 0 Å². The summed E-state index contributed by atoms with van der Waals surface area (Å²) >= 11 is 8.14. The van der Waals surface area contributed by atoms with Gasteiger partial charge in [-0.3, -0.25) is 0 Å². The zero-order chi connectivity index (χ0) is 15.4. The molecule has 0 bridgehead atoms. The molecule has 7 heteroatoms. The minimum Gasteiger partial charge on any atom is -0.382 e. The first-order chi connectivity index (χ1) is 10.0. The smallest absolute Gasteiger partial charge is 0.138 e. The molecule has 0 amide bonds. The summed E-state index contributed by atoms with van der Waals surface area (Å²) in [6.07, 6.45) is 0. The molecule has 0 saturated heterocycles. The van der Waals surface area contributed by atoms with Crippen LogP contribution in [0.25, 0.3) is 11.0 Å². The maximum absolute atomic E-state index is 13.8. The van der Waals surface area contributed by atoms with E-state index >= 15 is 0 Å². The van der Waals surface area contributed by atoms with Crippen LogP contribution in [-0.4, -0.2) is 36.5 Å². The molecular weight excluding hydrogens is 410 g/mol. The summed E-state index contributed by atoms with van der Waals surface area (Å²) in [7, 11) is 1.63. The van der Waals surface area contributed by atoms with Gasteiger partial charge in [0.05, 0.1) is 39.8 Å². The van der Waals surface area contributed by atoms with Gasteiger partial charge in [-0.05, 0) is 35.6 Å². The molecule has 4 nitrogen and oxygen atoms in total. The Bertz CT molecular complexity index is 619. The standard InChI is InChI=1S/C14H17ClFIN2O2/c1-9(15)14-18-12-8-11(17)10(16)7-13(12)19(14)3-4-21-6-5-20-2/h7-9H,3-6H2,1-2H3. The normalized spacial score (nSPS) is 13.0. The predicted octanol–water partition coefficient (Wildman–Crippen LogP) is 3.74. The third-order valence-corrected chi connectivity index (χ3v) is 4.09. The summed E-state index contributed by atoms with van der Waals surface area (Å²) in [6.45, 7) is 4.01. The highest BCUT2D eigenvalue weighted by atomic mass is 127. The van der Waals surface area contributed by atoms with Gasteiger partial charge in [-0.2, -0.15) is 0 Å². The van der Waals surface area contributed by atoms with Crippen molar-refractivity contribution in [1.82, 2.24) is 9.55 Å². The Morgan fingerprint density at radius 1 is 1.38 bits per heavy atom. The summed E-state index contributed by atoms with van der Waals surface area (Å²) in [5.74, 6) is 0.474. The van der Waals surface area contributed by atoms with Crippen LogP contribution in [0.15, 0.2) is 12.1 Å². The fraction of sp³-hybridized carbons (Fsp3) is 0.500. The molecule has 1 heterocycles. The summed E-state index contributed by atoms with van der Waals surface area (Å²) in [5.41, 5.74) is 1.49. The number of ether oxygens (including phenoxy) is 2. The van der Waals surface area contributed by atoms with Crippen LogP contribution in [0.4, 0.5) is 4.39 Å². The number of hydrogen-bond acceptors (Lipinski definition) is 3. The van der Waals surface area contributed by atoms with Gasteiger partial charge in [0, 0.05) is 19.7 Å². The molecule has 2 aromatic rings. The zero-order valence-corrected chi connectivity index (χ0v) is 14.8. The Hall–Kier alpha value is -0.440. The van der Waals surface area contributed by atoms with Crippen LogP contribution in [-0.2, 0) is 16.0 Å². The van der Waals surface area contributed by atoms with E-state index in [0.29, 0.717) is 29.9 Å². The van der Waals surface area contributed by atoms with Crippen molar-refractivity contribution in [2.24, 2.45) is 0 Å². The average molecular weight is 427 g/mol. The summed E-state index contributed by atoms with van der Waals surface area (Å²) < 4.78 is 26.7. The third kappa shape index (κ3) is 4.06. The summed E-state index contributed by atoms with van der Waals surface area (Å²) in [6, 6.07) is 3.23. The topological polar surface area (TPSA) is 36.3 Å². The van der Waals surface area contributed by atoms with Gasteiger partial charge in [-0.1, -0.05) is 0 Å². The Kier molecular flexibility index (Phi) is 6.21. The van der Waals surface area contributed by atoms with Crippen LogP contribution in [0.2, 0.25) is 0 Å². The Labute approximate surface area is 141 Å². The van der Waals surface area contributed by atoms with Crippen molar-refractivity contribution in [2.45, 2.75) is 18.8 Å². The quantitative estimate of drug-likeness (QED) is 0.384. The van der Waals surface area contributed by atoms with E-state index in [0.717, 1.165) is 16.9 Å². The molecule has 1 aromatic carbocycles. The molecule has 0 N–H and O–H groups in total. The van der Waals surface area contributed by atoms with E-state index in [1.54, 1.807) is 13.2 Å². The van der Waals surface area contributed by atoms with Gasteiger partial charge in [0.2, 0.25) is 0 Å². The first-order valence-electron chi connectivity index (χ1n) is 6.60. The fourth-order valence-corrected chi connectivity index (χ4v) is 2.69. The second-order valence-electron chi connectivity index (χ2n) is 4.60. The molecule has 0 aliphatic rings. The van der Waals surface area contributed by atoms with E-state index in [4.69, 9.17) is 21.1 Å². The van der Waals surface area contributed by atoms with Gasteiger partial charge >= 0.3 is 0 Å². The molecule has 2 rings (SSSR count). The van der Waals surface area contributed by atoms with Crippen molar-refractivity contribution in [1.29, 1.82) is 0 Å². The summed E-state index contributed by atoms with van der Waals surface area (Å²) in [5, 5.41) is -0.253. The van der Waals surface area contributed by atoms with Crippen molar-refractivity contribution in [3.8, 4) is 0 Å². The highest BCUT2D eigenvalue weighted by Crippen LogP contribution is 2.27. The number of nitrogens with zero attached hydrogens (tertiary/aromatic N) is 2. The number of alkyl halides is 1. The predicted molar refractivity (Wildman–Crippen MR) is 89.4 cm³/mol. The number of benzene rings is 1. The molecule has 0 aliphatic carbocycles. The molecule has 1 unspecified atom stereocenters. The molecule has 0 radical (unpaired) electrons. The molecule has 0 fully saturated rings. The number of halogens is 3. The number of aromatic nitrogens is 2. The average Bonchev–Trinajstić information content (AvgIpc) is 2.77. The summed E-state index contributed by atoms with van der Waals surface area (Å²) in [4.78, 5) is 4.51. The fourth-order valence-electron chi connectivity index (χ4n) is 2.08. The van der Waals surface area contributed by atoms with E-state index in [-0.39, 0.29) is 11.2 Å². The van der Waals surface area contributed by atoms with Crippen molar-refractivity contribution in [2.75, 3.05) is 26.9 Å². The van der Waals surface area contributed by atoms with Gasteiger partial charge in [0.1, 0.15) is 11.6 Å². The first-order valence-corrected chi connectivity index (χ1v) is 8.12. The van der Waals surface area contributed by atoms with E-state index in [1.165, 1.54) is 6.07 Å². The molecule has 1 atom stereocenters. The second kappa shape index (κ2) is 7.71. The van der Waals surface area contributed by atoms with E-state index in [1.807, 2.05) is 34.1 Å². The first kappa shape index (κ1) is 16.9. The number of hydrogen-bond donors (Lipinski definition) is 0. The largest absolute Gasteiger partial charge is 0.382 e. The molecule has 0 aliphatic heterocycles. The Balaban J connectivity index is 2.26. The van der Waals surface area contributed by atoms with Crippen molar-refractivity contribution in [3.05, 3.63) is 27.3 Å². The lowest BCUT2D eigenvalue weighted by Gasteiger charge is -2.11. The van der Waals surface area contributed by atoms with E-state index < -0.39 is 0 Å². The highest BCUT2D eigenvalue weighted by Gasteiger charge is 2.16. The lowest BCUT2D eigenvalue weighted by Crippen LogP contribution is -2.12. The van der Waals surface area contributed by atoms with E-state index in [9.17, 15) is 4.39 Å². The minimum absolute atomic E-state index is 0.252. The van der Waals surface area contributed by atoms with Crippen molar-refractivity contribution in [3.63, 3.8) is 0 Å². The van der Waals surface area contributed by atoms with Gasteiger partial charge in [0.25, 0.3) is 0 Å².